The third-order valence-electron chi connectivity index (χ3n) is 3.09. The molecule has 106 valence electrons. The minimum absolute atomic E-state index is 0.0186. The average molecular weight is 285 g/mol. The molecule has 2 atom stereocenters. The molecule has 2 N–H and O–H groups in total. The van der Waals surface area contributed by atoms with Gasteiger partial charge in [0.2, 0.25) is 11.7 Å². The third kappa shape index (κ3) is 2.27. The zero-order valence-electron chi connectivity index (χ0n) is 10.1. The van der Waals surface area contributed by atoms with Crippen molar-refractivity contribution < 1.29 is 22.8 Å². The first kappa shape index (κ1) is 13.1. The Morgan fingerprint density at radius 1 is 1.25 bits per heavy atom. The summed E-state index contributed by atoms with van der Waals surface area (Å²) >= 11 is 0. The monoisotopic (exact) mass is 285 g/mol. The molecular formula is C12H10F3N3O2. The number of β-amino-alcohol motifs (C(OH)–C–C–N with tert-alkyl or cyclic N) is 1. The van der Waals surface area contributed by atoms with Crippen molar-refractivity contribution in [1.29, 1.82) is 0 Å². The maximum absolute atomic E-state index is 13.1. The lowest BCUT2D eigenvalue weighted by molar-refractivity contribution is 0.191. The van der Waals surface area contributed by atoms with Crippen molar-refractivity contribution in [1.82, 2.24) is 15.5 Å². The molecule has 5 nitrogen and oxygen atoms in total. The van der Waals surface area contributed by atoms with Gasteiger partial charge in [-0.1, -0.05) is 5.16 Å². The number of aromatic nitrogens is 2. The van der Waals surface area contributed by atoms with E-state index in [0.29, 0.717) is 13.0 Å². The molecule has 8 heteroatoms. The smallest absolute Gasteiger partial charge is 0.244 e. The van der Waals surface area contributed by atoms with Crippen LogP contribution in [0.4, 0.5) is 13.2 Å². The van der Waals surface area contributed by atoms with Crippen LogP contribution in [0.25, 0.3) is 11.4 Å². The molecule has 0 unspecified atom stereocenters. The Bertz CT molecular complexity index is 624. The number of rotatable bonds is 2. The van der Waals surface area contributed by atoms with Crippen LogP contribution in [0.15, 0.2) is 16.7 Å². The average Bonchev–Trinajstić information content (AvgIpc) is 3.03. The summed E-state index contributed by atoms with van der Waals surface area (Å²) in [6.07, 6.45) is -0.0932. The standard InChI is InChI=1S/C12H10F3N3O2/c13-7-1-5(2-8(14)10(7)15)11-17-12(20-18-11)9-3-6(19)4-16-9/h1-2,6,9,16,19H,3-4H2/t6-,9+/m1/s1. The van der Waals surface area contributed by atoms with E-state index in [4.69, 9.17) is 4.52 Å². The Hall–Kier alpha value is -1.93. The molecule has 20 heavy (non-hydrogen) atoms. The minimum Gasteiger partial charge on any atom is -0.392 e. The highest BCUT2D eigenvalue weighted by atomic mass is 19.2. The number of nitrogens with one attached hydrogen (secondary N) is 1. The van der Waals surface area contributed by atoms with Gasteiger partial charge in [-0.05, 0) is 18.6 Å². The fourth-order valence-corrected chi connectivity index (χ4v) is 2.08. The molecule has 1 aliphatic heterocycles. The fourth-order valence-electron chi connectivity index (χ4n) is 2.08. The van der Waals surface area contributed by atoms with Crippen LogP contribution in [-0.4, -0.2) is 27.9 Å². The highest BCUT2D eigenvalue weighted by Crippen LogP contribution is 2.26. The van der Waals surface area contributed by atoms with Crippen LogP contribution in [0.3, 0.4) is 0 Å². The molecule has 1 fully saturated rings. The van der Waals surface area contributed by atoms with Crippen molar-refractivity contribution >= 4 is 0 Å². The predicted molar refractivity (Wildman–Crippen MR) is 61.0 cm³/mol. The maximum Gasteiger partial charge on any atom is 0.244 e. The van der Waals surface area contributed by atoms with E-state index >= 15 is 0 Å². The van der Waals surface area contributed by atoms with Gasteiger partial charge in [0.25, 0.3) is 0 Å². The second-order valence-electron chi connectivity index (χ2n) is 4.56. The van der Waals surface area contributed by atoms with Gasteiger partial charge >= 0.3 is 0 Å². The Morgan fingerprint density at radius 2 is 1.95 bits per heavy atom. The van der Waals surface area contributed by atoms with Crippen LogP contribution in [0.2, 0.25) is 0 Å². The number of nitrogens with zero attached hydrogens (tertiary/aromatic N) is 2. The Labute approximate surface area is 111 Å². The second kappa shape index (κ2) is 4.88. The van der Waals surface area contributed by atoms with Crippen LogP contribution < -0.4 is 5.32 Å². The van der Waals surface area contributed by atoms with Crippen LogP contribution in [-0.2, 0) is 0 Å². The van der Waals surface area contributed by atoms with Crippen molar-refractivity contribution in [3.63, 3.8) is 0 Å². The lowest BCUT2D eigenvalue weighted by atomic mass is 10.2. The first-order valence-corrected chi connectivity index (χ1v) is 5.94. The summed E-state index contributed by atoms with van der Waals surface area (Å²) in [5, 5.41) is 16.0. The van der Waals surface area contributed by atoms with E-state index < -0.39 is 23.6 Å². The number of hydrogen-bond acceptors (Lipinski definition) is 5. The lowest BCUT2D eigenvalue weighted by Crippen LogP contribution is -2.15. The topological polar surface area (TPSA) is 71.2 Å². The summed E-state index contributed by atoms with van der Waals surface area (Å²) in [6.45, 7) is 0.405. The number of hydrogen-bond donors (Lipinski definition) is 2. The van der Waals surface area contributed by atoms with Gasteiger partial charge in [-0.2, -0.15) is 4.98 Å². The maximum atomic E-state index is 13.1. The van der Waals surface area contributed by atoms with Crippen LogP contribution in [0, 0.1) is 17.5 Å². The molecule has 0 saturated carbocycles. The fraction of sp³-hybridized carbons (Fsp3) is 0.333. The number of aliphatic hydroxyl groups is 1. The molecule has 0 bridgehead atoms. The molecular weight excluding hydrogens is 275 g/mol. The molecule has 3 rings (SSSR count). The minimum atomic E-state index is -1.54. The SMILES string of the molecule is O[C@H]1CN[C@H](c2nc(-c3cc(F)c(F)c(F)c3)no2)C1. The van der Waals surface area contributed by atoms with E-state index in [9.17, 15) is 18.3 Å². The quantitative estimate of drug-likeness (QED) is 0.819. The van der Waals surface area contributed by atoms with Crippen molar-refractivity contribution in [2.75, 3.05) is 6.54 Å². The Balaban J connectivity index is 1.90. The summed E-state index contributed by atoms with van der Waals surface area (Å²) in [6, 6.07) is 1.29. The number of aliphatic hydroxyl groups excluding tert-OH is 1. The molecule has 0 spiro atoms. The summed E-state index contributed by atoms with van der Waals surface area (Å²) in [4.78, 5) is 4.00. The van der Waals surface area contributed by atoms with E-state index in [-0.39, 0.29) is 23.3 Å². The normalized spacial score (nSPS) is 22.4. The van der Waals surface area contributed by atoms with Crippen molar-refractivity contribution in [2.24, 2.45) is 0 Å². The first-order chi connectivity index (χ1) is 9.54. The molecule has 0 amide bonds. The van der Waals surface area contributed by atoms with Crippen LogP contribution in [0.5, 0.6) is 0 Å². The molecule has 0 aliphatic carbocycles. The molecule has 1 aliphatic rings. The van der Waals surface area contributed by atoms with Gasteiger partial charge in [0, 0.05) is 12.1 Å². The van der Waals surface area contributed by atoms with Gasteiger partial charge < -0.3 is 14.9 Å². The van der Waals surface area contributed by atoms with E-state index in [0.717, 1.165) is 12.1 Å². The number of benzene rings is 1. The van der Waals surface area contributed by atoms with Gasteiger partial charge in [0.05, 0.1) is 12.1 Å². The van der Waals surface area contributed by atoms with Crippen LogP contribution in [0.1, 0.15) is 18.4 Å². The lowest BCUT2D eigenvalue weighted by Gasteiger charge is -2.01. The Morgan fingerprint density at radius 3 is 2.55 bits per heavy atom. The number of halogens is 3. The van der Waals surface area contributed by atoms with Crippen molar-refractivity contribution in [3.8, 4) is 11.4 Å². The van der Waals surface area contributed by atoms with Gasteiger partial charge in [-0.15, -0.1) is 0 Å². The molecule has 2 heterocycles. The predicted octanol–water partition coefficient (Wildman–Crippen LogP) is 1.55. The summed E-state index contributed by atoms with van der Waals surface area (Å²) in [5.41, 5.74) is -0.0186. The Kier molecular flexibility index (Phi) is 3.19. The van der Waals surface area contributed by atoms with Gasteiger partial charge in [0.1, 0.15) is 0 Å². The molecule has 1 saturated heterocycles. The van der Waals surface area contributed by atoms with Crippen molar-refractivity contribution in [2.45, 2.75) is 18.6 Å². The van der Waals surface area contributed by atoms with Gasteiger partial charge in [0.15, 0.2) is 17.5 Å². The van der Waals surface area contributed by atoms with Crippen molar-refractivity contribution in [3.05, 3.63) is 35.5 Å². The zero-order chi connectivity index (χ0) is 14.3. The third-order valence-corrected chi connectivity index (χ3v) is 3.09. The summed E-state index contributed by atoms with van der Waals surface area (Å²) in [5.74, 6) is -4.01. The molecule has 0 radical (unpaired) electrons. The largest absolute Gasteiger partial charge is 0.392 e. The zero-order valence-corrected chi connectivity index (χ0v) is 10.1. The van der Waals surface area contributed by atoms with E-state index in [2.05, 4.69) is 15.5 Å². The molecule has 1 aromatic carbocycles. The van der Waals surface area contributed by atoms with Gasteiger partial charge in [-0.3, -0.25) is 0 Å². The van der Waals surface area contributed by atoms with E-state index in [1.165, 1.54) is 0 Å². The highest BCUT2D eigenvalue weighted by Gasteiger charge is 2.28. The summed E-state index contributed by atoms with van der Waals surface area (Å²) < 4.78 is 44.1. The van der Waals surface area contributed by atoms with Gasteiger partial charge in [-0.25, -0.2) is 13.2 Å². The summed E-state index contributed by atoms with van der Waals surface area (Å²) in [7, 11) is 0. The molecule has 1 aromatic heterocycles. The highest BCUT2D eigenvalue weighted by molar-refractivity contribution is 5.54. The first-order valence-electron chi connectivity index (χ1n) is 5.94. The molecule has 2 aromatic rings. The van der Waals surface area contributed by atoms with E-state index in [1.807, 2.05) is 0 Å². The van der Waals surface area contributed by atoms with Crippen LogP contribution >= 0.6 is 0 Å². The second-order valence-corrected chi connectivity index (χ2v) is 4.56. The van der Waals surface area contributed by atoms with E-state index in [1.54, 1.807) is 0 Å².